The van der Waals surface area contributed by atoms with Gasteiger partial charge in [0.2, 0.25) is 15.9 Å². The first-order chi connectivity index (χ1) is 12.4. The molecule has 1 fully saturated rings. The number of carbonyl (C=O) groups excluding carboxylic acids is 1. The minimum atomic E-state index is -3.87. The number of nitrogens with one attached hydrogen (secondary N) is 1. The van der Waals surface area contributed by atoms with E-state index in [1.807, 2.05) is 0 Å². The van der Waals surface area contributed by atoms with E-state index < -0.39 is 21.9 Å². The predicted octanol–water partition coefficient (Wildman–Crippen LogP) is 2.00. The first kappa shape index (κ1) is 18.3. The number of benzene rings is 2. The van der Waals surface area contributed by atoms with Gasteiger partial charge in [-0.2, -0.15) is 4.31 Å². The summed E-state index contributed by atoms with van der Waals surface area (Å²) in [5.41, 5.74) is 0.794. The van der Waals surface area contributed by atoms with Crippen molar-refractivity contribution in [1.29, 1.82) is 0 Å². The SMILES string of the molecule is O=C(NCc1ccc(O)cc1)[C@H]1CCCN1S(=O)(=O)c1ccc(F)cc1. The molecule has 0 aromatic heterocycles. The summed E-state index contributed by atoms with van der Waals surface area (Å²) in [5, 5.41) is 12.0. The normalized spacial score (nSPS) is 18.0. The molecule has 2 aromatic carbocycles. The van der Waals surface area contributed by atoms with Gasteiger partial charge < -0.3 is 10.4 Å². The highest BCUT2D eigenvalue weighted by Crippen LogP contribution is 2.26. The molecule has 26 heavy (non-hydrogen) atoms. The number of rotatable bonds is 5. The van der Waals surface area contributed by atoms with E-state index in [-0.39, 0.29) is 29.6 Å². The molecule has 1 atom stereocenters. The van der Waals surface area contributed by atoms with E-state index in [0.717, 1.165) is 17.7 Å². The lowest BCUT2D eigenvalue weighted by Crippen LogP contribution is -2.45. The molecule has 1 amide bonds. The van der Waals surface area contributed by atoms with E-state index in [9.17, 15) is 22.7 Å². The maximum atomic E-state index is 13.1. The van der Waals surface area contributed by atoms with Gasteiger partial charge in [0, 0.05) is 13.1 Å². The van der Waals surface area contributed by atoms with Crippen LogP contribution in [0.1, 0.15) is 18.4 Å². The molecule has 0 bridgehead atoms. The van der Waals surface area contributed by atoms with E-state index in [1.165, 1.54) is 28.6 Å². The van der Waals surface area contributed by atoms with Crippen LogP contribution in [0.3, 0.4) is 0 Å². The number of hydrogen-bond acceptors (Lipinski definition) is 4. The summed E-state index contributed by atoms with van der Waals surface area (Å²) < 4.78 is 39.8. The molecule has 0 saturated carbocycles. The summed E-state index contributed by atoms with van der Waals surface area (Å²) in [4.78, 5) is 12.5. The molecule has 1 heterocycles. The van der Waals surface area contributed by atoms with Crippen LogP contribution in [0.4, 0.5) is 4.39 Å². The van der Waals surface area contributed by atoms with Gasteiger partial charge in [-0.05, 0) is 54.8 Å². The molecule has 0 spiro atoms. The van der Waals surface area contributed by atoms with Crippen molar-refractivity contribution in [2.45, 2.75) is 30.3 Å². The second-order valence-electron chi connectivity index (χ2n) is 6.11. The summed E-state index contributed by atoms with van der Waals surface area (Å²) in [6, 6.07) is 10.2. The van der Waals surface area contributed by atoms with Crippen molar-refractivity contribution < 1.29 is 22.7 Å². The van der Waals surface area contributed by atoms with Gasteiger partial charge in [0.05, 0.1) is 4.90 Å². The fraction of sp³-hybridized carbons (Fsp3) is 0.278. The second-order valence-corrected chi connectivity index (χ2v) is 8.00. The maximum Gasteiger partial charge on any atom is 0.243 e. The number of phenols is 1. The minimum absolute atomic E-state index is 0.0304. The van der Waals surface area contributed by atoms with Crippen LogP contribution in [0.25, 0.3) is 0 Å². The van der Waals surface area contributed by atoms with Crippen molar-refractivity contribution in [2.75, 3.05) is 6.54 Å². The Hall–Kier alpha value is -2.45. The highest BCUT2D eigenvalue weighted by Gasteiger charge is 2.39. The first-order valence-electron chi connectivity index (χ1n) is 8.21. The Balaban J connectivity index is 1.71. The molecule has 0 aliphatic carbocycles. The third kappa shape index (κ3) is 3.86. The van der Waals surface area contributed by atoms with Crippen molar-refractivity contribution in [3.63, 3.8) is 0 Å². The maximum absolute atomic E-state index is 13.1. The Bertz CT molecular complexity index is 882. The summed E-state index contributed by atoms with van der Waals surface area (Å²) >= 11 is 0. The zero-order valence-corrected chi connectivity index (χ0v) is 14.7. The quantitative estimate of drug-likeness (QED) is 0.833. The molecule has 1 saturated heterocycles. The van der Waals surface area contributed by atoms with Crippen LogP contribution in [0.5, 0.6) is 5.75 Å². The molecule has 6 nitrogen and oxygen atoms in total. The number of carbonyl (C=O) groups is 1. The van der Waals surface area contributed by atoms with Gasteiger partial charge in [-0.1, -0.05) is 12.1 Å². The van der Waals surface area contributed by atoms with Crippen LogP contribution < -0.4 is 5.32 Å². The van der Waals surface area contributed by atoms with Gasteiger partial charge >= 0.3 is 0 Å². The minimum Gasteiger partial charge on any atom is -0.508 e. The lowest BCUT2D eigenvalue weighted by Gasteiger charge is -2.23. The summed E-state index contributed by atoms with van der Waals surface area (Å²) in [7, 11) is -3.87. The summed E-state index contributed by atoms with van der Waals surface area (Å²) in [6.07, 6.45) is 1.01. The van der Waals surface area contributed by atoms with Crippen molar-refractivity contribution in [1.82, 2.24) is 9.62 Å². The smallest absolute Gasteiger partial charge is 0.243 e. The molecule has 2 aromatic rings. The molecular weight excluding hydrogens is 359 g/mol. The monoisotopic (exact) mass is 378 g/mol. The van der Waals surface area contributed by atoms with Crippen LogP contribution in [-0.4, -0.2) is 36.3 Å². The fourth-order valence-corrected chi connectivity index (χ4v) is 4.61. The van der Waals surface area contributed by atoms with Crippen LogP contribution in [0.15, 0.2) is 53.4 Å². The van der Waals surface area contributed by atoms with E-state index in [0.29, 0.717) is 12.8 Å². The number of phenolic OH excluding ortho intramolecular Hbond substituents is 1. The summed E-state index contributed by atoms with van der Waals surface area (Å²) in [5.74, 6) is -0.762. The topological polar surface area (TPSA) is 86.7 Å². The number of nitrogens with zero attached hydrogens (tertiary/aromatic N) is 1. The molecule has 1 aliphatic rings. The van der Waals surface area contributed by atoms with Crippen LogP contribution in [-0.2, 0) is 21.4 Å². The van der Waals surface area contributed by atoms with Crippen molar-refractivity contribution in [3.05, 3.63) is 59.9 Å². The zero-order valence-electron chi connectivity index (χ0n) is 13.9. The average Bonchev–Trinajstić information content (AvgIpc) is 3.12. The Kier molecular flexibility index (Phi) is 5.24. The van der Waals surface area contributed by atoms with Crippen molar-refractivity contribution in [3.8, 4) is 5.75 Å². The Morgan fingerprint density at radius 1 is 1.15 bits per heavy atom. The van der Waals surface area contributed by atoms with Crippen LogP contribution in [0, 0.1) is 5.82 Å². The first-order valence-corrected chi connectivity index (χ1v) is 9.65. The Morgan fingerprint density at radius 3 is 2.46 bits per heavy atom. The molecule has 0 unspecified atom stereocenters. The van der Waals surface area contributed by atoms with Gasteiger partial charge in [-0.15, -0.1) is 0 Å². The van der Waals surface area contributed by atoms with E-state index in [4.69, 9.17) is 0 Å². The second kappa shape index (κ2) is 7.43. The van der Waals surface area contributed by atoms with Crippen LogP contribution in [0.2, 0.25) is 0 Å². The highest BCUT2D eigenvalue weighted by molar-refractivity contribution is 7.89. The molecule has 2 N–H and O–H groups in total. The molecule has 138 valence electrons. The number of sulfonamides is 1. The molecule has 1 aliphatic heterocycles. The average molecular weight is 378 g/mol. The van der Waals surface area contributed by atoms with Crippen LogP contribution >= 0.6 is 0 Å². The molecule has 3 rings (SSSR count). The third-order valence-corrected chi connectivity index (χ3v) is 6.25. The van der Waals surface area contributed by atoms with Gasteiger partial charge in [0.15, 0.2) is 0 Å². The third-order valence-electron chi connectivity index (χ3n) is 4.33. The fourth-order valence-electron chi connectivity index (χ4n) is 2.95. The largest absolute Gasteiger partial charge is 0.508 e. The lowest BCUT2D eigenvalue weighted by molar-refractivity contribution is -0.124. The van der Waals surface area contributed by atoms with Gasteiger partial charge in [0.25, 0.3) is 0 Å². The standard InChI is InChI=1S/C18H19FN2O4S/c19-14-5-9-16(10-6-14)26(24,25)21-11-1-2-17(21)18(23)20-12-13-3-7-15(22)8-4-13/h3-10,17,22H,1-2,11-12H2,(H,20,23)/t17-/m1/s1. The number of aromatic hydroxyl groups is 1. The van der Waals surface area contributed by atoms with Gasteiger partial charge in [-0.25, -0.2) is 12.8 Å². The van der Waals surface area contributed by atoms with E-state index in [1.54, 1.807) is 12.1 Å². The van der Waals surface area contributed by atoms with Gasteiger partial charge in [0.1, 0.15) is 17.6 Å². The Morgan fingerprint density at radius 2 is 1.81 bits per heavy atom. The van der Waals surface area contributed by atoms with Gasteiger partial charge in [-0.3, -0.25) is 4.79 Å². The predicted molar refractivity (Wildman–Crippen MR) is 93.3 cm³/mol. The van der Waals surface area contributed by atoms with Crippen molar-refractivity contribution in [2.24, 2.45) is 0 Å². The molecule has 0 radical (unpaired) electrons. The van der Waals surface area contributed by atoms with E-state index >= 15 is 0 Å². The molecular formula is C18H19FN2O4S. The Labute approximate surface area is 151 Å². The number of halogens is 1. The zero-order chi connectivity index (χ0) is 18.7. The number of amides is 1. The highest BCUT2D eigenvalue weighted by atomic mass is 32.2. The van der Waals surface area contributed by atoms with E-state index in [2.05, 4.69) is 5.32 Å². The molecule has 8 heteroatoms. The summed E-state index contributed by atoms with van der Waals surface area (Å²) in [6.45, 7) is 0.483. The van der Waals surface area contributed by atoms with Crippen molar-refractivity contribution >= 4 is 15.9 Å². The number of hydrogen-bond donors (Lipinski definition) is 2. The lowest BCUT2D eigenvalue weighted by atomic mass is 10.2.